The molecule has 0 radical (unpaired) electrons. The van der Waals surface area contributed by atoms with Crippen molar-refractivity contribution in [2.45, 2.75) is 45.2 Å². The number of hydrogen-bond donors (Lipinski definition) is 1. The second kappa shape index (κ2) is 7.48. The topological polar surface area (TPSA) is 41.6 Å². The first kappa shape index (κ1) is 15.1. The van der Waals surface area contributed by atoms with E-state index in [2.05, 4.69) is 60.2 Å². The second-order valence-corrected chi connectivity index (χ2v) is 6.69. The van der Waals surface area contributed by atoms with Gasteiger partial charge in [0.25, 0.3) is 0 Å². The minimum atomic E-state index is 0.780. The van der Waals surface area contributed by atoms with Crippen LogP contribution in [0.2, 0.25) is 0 Å². The molecule has 2 rings (SSSR count). The summed E-state index contributed by atoms with van der Waals surface area (Å²) >= 11 is 1.77. The third-order valence-corrected chi connectivity index (χ3v) is 4.07. The van der Waals surface area contributed by atoms with Crippen molar-refractivity contribution in [1.29, 1.82) is 0 Å². The van der Waals surface area contributed by atoms with Crippen molar-refractivity contribution < 1.29 is 0 Å². The SMILES string of the molecule is Cc1cccc(Cc2n[nH]c(SCCCC(C)C)n2)c1. The van der Waals surface area contributed by atoms with Gasteiger partial charge in [0.1, 0.15) is 0 Å². The molecule has 0 amide bonds. The van der Waals surface area contributed by atoms with Crippen LogP contribution in [0.15, 0.2) is 29.4 Å². The largest absolute Gasteiger partial charge is 0.254 e. The van der Waals surface area contributed by atoms with Crippen molar-refractivity contribution in [2.24, 2.45) is 5.92 Å². The zero-order valence-corrected chi connectivity index (χ0v) is 13.3. The number of hydrogen-bond acceptors (Lipinski definition) is 3. The predicted octanol–water partition coefficient (Wildman–Crippen LogP) is 4.23. The number of aromatic nitrogens is 3. The molecule has 0 saturated carbocycles. The van der Waals surface area contributed by atoms with E-state index in [1.807, 2.05) is 0 Å². The maximum atomic E-state index is 4.55. The Hall–Kier alpha value is -1.29. The van der Waals surface area contributed by atoms with Crippen molar-refractivity contribution in [1.82, 2.24) is 15.2 Å². The lowest BCUT2D eigenvalue weighted by Gasteiger charge is -2.02. The van der Waals surface area contributed by atoms with Crippen LogP contribution in [-0.4, -0.2) is 20.9 Å². The highest BCUT2D eigenvalue weighted by Gasteiger charge is 2.05. The van der Waals surface area contributed by atoms with Gasteiger partial charge in [0.2, 0.25) is 0 Å². The minimum Gasteiger partial charge on any atom is -0.254 e. The standard InChI is InChI=1S/C16H23N3S/c1-12(2)6-5-9-20-16-17-15(18-19-16)11-14-8-4-7-13(3)10-14/h4,7-8,10,12H,5-6,9,11H2,1-3H3,(H,17,18,19). The summed E-state index contributed by atoms with van der Waals surface area (Å²) in [7, 11) is 0. The number of thioether (sulfide) groups is 1. The van der Waals surface area contributed by atoms with Crippen LogP contribution in [0.1, 0.15) is 43.6 Å². The van der Waals surface area contributed by atoms with Gasteiger partial charge in [0.15, 0.2) is 11.0 Å². The summed E-state index contributed by atoms with van der Waals surface area (Å²) in [6.45, 7) is 6.63. The van der Waals surface area contributed by atoms with Crippen LogP contribution in [0.4, 0.5) is 0 Å². The molecule has 0 spiro atoms. The molecule has 0 atom stereocenters. The first-order valence-electron chi connectivity index (χ1n) is 7.23. The van der Waals surface area contributed by atoms with E-state index in [-0.39, 0.29) is 0 Å². The van der Waals surface area contributed by atoms with Gasteiger partial charge in [0, 0.05) is 12.2 Å². The Kier molecular flexibility index (Phi) is 5.65. The van der Waals surface area contributed by atoms with E-state index >= 15 is 0 Å². The van der Waals surface area contributed by atoms with Gasteiger partial charge < -0.3 is 0 Å². The van der Waals surface area contributed by atoms with E-state index in [4.69, 9.17) is 0 Å². The Bertz CT molecular complexity index is 534. The van der Waals surface area contributed by atoms with Crippen LogP contribution in [-0.2, 0) is 6.42 Å². The van der Waals surface area contributed by atoms with Gasteiger partial charge in [-0.25, -0.2) is 4.98 Å². The minimum absolute atomic E-state index is 0.780. The van der Waals surface area contributed by atoms with E-state index in [0.717, 1.165) is 29.1 Å². The molecule has 1 aromatic heterocycles. The molecule has 3 nitrogen and oxygen atoms in total. The average molecular weight is 289 g/mol. The molecule has 0 aliphatic rings. The van der Waals surface area contributed by atoms with Gasteiger partial charge in [-0.3, -0.25) is 5.10 Å². The molecule has 0 aliphatic heterocycles. The van der Waals surface area contributed by atoms with E-state index in [1.165, 1.54) is 24.0 Å². The van der Waals surface area contributed by atoms with Crippen molar-refractivity contribution >= 4 is 11.8 Å². The monoisotopic (exact) mass is 289 g/mol. The fourth-order valence-corrected chi connectivity index (χ4v) is 2.87. The van der Waals surface area contributed by atoms with Gasteiger partial charge in [-0.05, 0) is 24.8 Å². The van der Waals surface area contributed by atoms with Crippen molar-refractivity contribution in [3.05, 3.63) is 41.2 Å². The molecule has 1 aromatic carbocycles. The fraction of sp³-hybridized carbons (Fsp3) is 0.500. The highest BCUT2D eigenvalue weighted by molar-refractivity contribution is 7.99. The lowest BCUT2D eigenvalue weighted by atomic mass is 10.1. The summed E-state index contributed by atoms with van der Waals surface area (Å²) in [6, 6.07) is 8.50. The second-order valence-electron chi connectivity index (χ2n) is 5.61. The molecule has 0 bridgehead atoms. The molecule has 108 valence electrons. The van der Waals surface area contributed by atoms with Gasteiger partial charge >= 0.3 is 0 Å². The van der Waals surface area contributed by atoms with Gasteiger partial charge in [-0.15, -0.1) is 0 Å². The van der Waals surface area contributed by atoms with Gasteiger partial charge in [-0.2, -0.15) is 5.10 Å². The molecule has 0 saturated heterocycles. The number of nitrogens with zero attached hydrogens (tertiary/aromatic N) is 2. The van der Waals surface area contributed by atoms with Crippen LogP contribution >= 0.6 is 11.8 Å². The maximum absolute atomic E-state index is 4.55. The lowest BCUT2D eigenvalue weighted by Crippen LogP contribution is -1.91. The van der Waals surface area contributed by atoms with Crippen LogP contribution in [0.3, 0.4) is 0 Å². The summed E-state index contributed by atoms with van der Waals surface area (Å²) in [4.78, 5) is 4.55. The number of aromatic amines is 1. The zero-order valence-electron chi connectivity index (χ0n) is 12.5. The summed E-state index contributed by atoms with van der Waals surface area (Å²) in [5.41, 5.74) is 2.54. The van der Waals surface area contributed by atoms with E-state index in [0.29, 0.717) is 0 Å². The van der Waals surface area contributed by atoms with E-state index in [1.54, 1.807) is 11.8 Å². The van der Waals surface area contributed by atoms with Crippen LogP contribution in [0.25, 0.3) is 0 Å². The Labute approximate surface area is 125 Å². The maximum Gasteiger partial charge on any atom is 0.183 e. The molecular weight excluding hydrogens is 266 g/mol. The lowest BCUT2D eigenvalue weighted by molar-refractivity contribution is 0.579. The normalized spacial score (nSPS) is 11.2. The molecule has 0 fully saturated rings. The highest BCUT2D eigenvalue weighted by atomic mass is 32.2. The molecule has 1 N–H and O–H groups in total. The van der Waals surface area contributed by atoms with E-state index < -0.39 is 0 Å². The Morgan fingerprint density at radius 3 is 2.90 bits per heavy atom. The van der Waals surface area contributed by atoms with Crippen LogP contribution in [0.5, 0.6) is 0 Å². The van der Waals surface area contributed by atoms with Crippen molar-refractivity contribution in [3.8, 4) is 0 Å². The summed E-state index contributed by atoms with van der Waals surface area (Å²) in [5, 5.41) is 8.27. The van der Waals surface area contributed by atoms with Gasteiger partial charge in [-0.1, -0.05) is 61.9 Å². The van der Waals surface area contributed by atoms with Crippen LogP contribution < -0.4 is 0 Å². The molecular formula is C16H23N3S. The quantitative estimate of drug-likeness (QED) is 0.612. The molecule has 4 heteroatoms. The number of rotatable bonds is 7. The first-order valence-corrected chi connectivity index (χ1v) is 8.21. The summed E-state index contributed by atoms with van der Waals surface area (Å²) in [6.07, 6.45) is 3.30. The fourth-order valence-electron chi connectivity index (χ4n) is 2.09. The number of H-pyrrole nitrogens is 1. The summed E-state index contributed by atoms with van der Waals surface area (Å²) < 4.78 is 0. The number of nitrogens with one attached hydrogen (secondary N) is 1. The van der Waals surface area contributed by atoms with Crippen LogP contribution in [0, 0.1) is 12.8 Å². The molecule has 0 unspecified atom stereocenters. The molecule has 1 heterocycles. The number of aryl methyl sites for hydroxylation is 1. The molecule has 2 aromatic rings. The Balaban J connectivity index is 1.83. The zero-order chi connectivity index (χ0) is 14.4. The summed E-state index contributed by atoms with van der Waals surface area (Å²) in [5.74, 6) is 2.77. The third kappa shape index (κ3) is 5.00. The van der Waals surface area contributed by atoms with Crippen molar-refractivity contribution in [3.63, 3.8) is 0 Å². The Morgan fingerprint density at radius 2 is 2.15 bits per heavy atom. The smallest absolute Gasteiger partial charge is 0.183 e. The molecule has 0 aliphatic carbocycles. The number of benzene rings is 1. The third-order valence-electron chi connectivity index (χ3n) is 3.12. The Morgan fingerprint density at radius 1 is 1.30 bits per heavy atom. The average Bonchev–Trinajstić information content (AvgIpc) is 2.82. The first-order chi connectivity index (χ1) is 9.63. The predicted molar refractivity (Wildman–Crippen MR) is 85.2 cm³/mol. The highest BCUT2D eigenvalue weighted by Crippen LogP contribution is 2.17. The molecule has 20 heavy (non-hydrogen) atoms. The van der Waals surface area contributed by atoms with E-state index in [9.17, 15) is 0 Å². The van der Waals surface area contributed by atoms with Crippen molar-refractivity contribution in [2.75, 3.05) is 5.75 Å². The van der Waals surface area contributed by atoms with Gasteiger partial charge in [0.05, 0.1) is 0 Å².